The predicted molar refractivity (Wildman–Crippen MR) is 388 cm³/mol. The Morgan fingerprint density at radius 1 is 0.312 bits per heavy atom. The molecular weight excluding hydrogens is 1270 g/mol. The van der Waals surface area contributed by atoms with Gasteiger partial charge in [0.25, 0.3) is 0 Å². The summed E-state index contributed by atoms with van der Waals surface area (Å²) in [5.74, 6) is 19.0. The van der Waals surface area contributed by atoms with Gasteiger partial charge in [-0.25, -0.2) is 0 Å². The third-order valence-corrected chi connectivity index (χ3v) is 39.8. The SMILES string of the molecule is CCSC1=C(SCC)SC(=C2Sc3c#cc(=C(C#C[Si](C(C)C)C(C)C)C#C[Si](C(C)C)C(C)C)c#cc4c(c#cc(=C(C#C[Si](C(C)C)C(C)C)C#C[Si](C(C)C)C(C)C)c#cc3S2)SC(=C2SC(SCC)=C(SCC)S2)S4)S1. The molecular formula is C64H76S12Si4. The molecule has 0 nitrogen and oxygen atoms in total. The van der Waals surface area contributed by atoms with Crippen LogP contribution in [0.1, 0.15) is 138 Å². The van der Waals surface area contributed by atoms with E-state index in [2.05, 4.69) is 233 Å². The topological polar surface area (TPSA) is 0 Å². The van der Waals surface area contributed by atoms with E-state index in [4.69, 9.17) is 0 Å². The van der Waals surface area contributed by atoms with E-state index in [1.807, 2.05) is 94.1 Å². The highest BCUT2D eigenvalue weighted by Gasteiger charge is 2.31. The molecule has 80 heavy (non-hydrogen) atoms. The molecule has 0 aromatic heterocycles. The molecule has 4 aliphatic heterocycles. The van der Waals surface area contributed by atoms with Crippen LogP contribution in [0, 0.1) is 94.4 Å². The molecule has 0 saturated carbocycles. The summed E-state index contributed by atoms with van der Waals surface area (Å²) in [6.45, 7) is 46.0. The number of hydrogen-bond donors (Lipinski definition) is 0. The molecule has 0 unspecified atom stereocenters. The largest absolute Gasteiger partial charge is 0.150 e. The smallest absolute Gasteiger partial charge is 0.127 e. The summed E-state index contributed by atoms with van der Waals surface area (Å²) >= 11 is 22.3. The number of rotatable bonds is 16. The van der Waals surface area contributed by atoms with Crippen LogP contribution in [-0.2, 0) is 0 Å². The molecule has 0 atom stereocenters. The molecule has 4 aliphatic rings. The average molecular weight is 1340 g/mol. The van der Waals surface area contributed by atoms with E-state index in [-0.39, 0.29) is 0 Å². The van der Waals surface area contributed by atoms with Crippen LogP contribution in [0.4, 0.5) is 0 Å². The summed E-state index contributed by atoms with van der Waals surface area (Å²) in [5.41, 5.74) is 20.6. The van der Waals surface area contributed by atoms with E-state index in [1.54, 1.807) is 47.0 Å². The van der Waals surface area contributed by atoms with Crippen molar-refractivity contribution < 1.29 is 0 Å². The van der Waals surface area contributed by atoms with Crippen molar-refractivity contribution in [3.05, 3.63) is 92.9 Å². The summed E-state index contributed by atoms with van der Waals surface area (Å²) in [6, 6.07) is 29.8. The van der Waals surface area contributed by atoms with Gasteiger partial charge in [0, 0.05) is 0 Å². The molecule has 0 spiro atoms. The Morgan fingerprint density at radius 3 is 0.675 bits per heavy atom. The Bertz CT molecular complexity index is 2620. The first-order valence-electron chi connectivity index (χ1n) is 27.6. The molecule has 0 N–H and O–H groups in total. The van der Waals surface area contributed by atoms with Crippen molar-refractivity contribution in [2.45, 2.75) is 202 Å². The Morgan fingerprint density at radius 2 is 0.500 bits per heavy atom. The molecule has 5 rings (SSSR count). The highest BCUT2D eigenvalue weighted by atomic mass is 32.3. The van der Waals surface area contributed by atoms with Gasteiger partial charge in [0.05, 0.1) is 75.1 Å². The highest BCUT2D eigenvalue weighted by molar-refractivity contribution is 8.43. The van der Waals surface area contributed by atoms with Gasteiger partial charge in [-0.2, -0.15) is 0 Å². The normalized spacial score (nSPS) is 14.6. The van der Waals surface area contributed by atoms with Crippen molar-refractivity contribution in [1.82, 2.24) is 0 Å². The van der Waals surface area contributed by atoms with Crippen molar-refractivity contribution >= 4 is 187 Å². The Labute approximate surface area is 545 Å². The molecule has 1 aromatic rings. The van der Waals surface area contributed by atoms with Gasteiger partial charge in [0.1, 0.15) is 0 Å². The van der Waals surface area contributed by atoms with Crippen LogP contribution in [-0.4, -0.2) is 58.2 Å². The summed E-state index contributed by atoms with van der Waals surface area (Å²) in [7, 11) is -4.20. The van der Waals surface area contributed by atoms with Crippen LogP contribution < -0.4 is 10.4 Å². The van der Waals surface area contributed by atoms with Crippen molar-refractivity contribution in [3.8, 4) is 45.9 Å². The Hall–Kier alpha value is -0.532. The van der Waals surface area contributed by atoms with E-state index in [9.17, 15) is 0 Å². The fourth-order valence-electron chi connectivity index (χ4n) is 8.15. The summed E-state index contributed by atoms with van der Waals surface area (Å²) in [4.78, 5) is 3.65. The Balaban J connectivity index is 2.04. The standard InChI is InChI=1S/C64H76S12Si4/c1-21-65-57-58(66-22-2)74-63(73-57)61-69-53-29-25-49(51(33-37-77(41(5)6)42(7)8)34-38-78(43(9)10)44(11)12)27-31-55-56(72-62(71-55)64-75-59(67-23-3)60(76-64)68-24-4)32-28-50(26-30-54(53)70-61)52(35-39-79(45(13)14)46(15)16)36-40-80(47(17)18)48(19)20/h41-48H,21-24H2,1-20H3. The first-order chi connectivity index (χ1) is 38.1. The second kappa shape index (κ2) is 35.3. The van der Waals surface area contributed by atoms with Crippen molar-refractivity contribution in [2.24, 2.45) is 0 Å². The van der Waals surface area contributed by atoms with Gasteiger partial charge < -0.3 is 0 Å². The lowest BCUT2D eigenvalue weighted by Crippen LogP contribution is -2.19. The monoisotopic (exact) mass is 1340 g/mol. The van der Waals surface area contributed by atoms with Crippen LogP contribution in [0.15, 0.2) is 53.5 Å². The van der Waals surface area contributed by atoms with Crippen LogP contribution in [0.25, 0.3) is 11.1 Å². The zero-order valence-corrected chi connectivity index (χ0v) is 64.1. The molecule has 420 valence electrons. The lowest BCUT2D eigenvalue weighted by molar-refractivity contribution is 0.954. The lowest BCUT2D eigenvalue weighted by Gasteiger charge is -2.16. The van der Waals surface area contributed by atoms with Gasteiger partial charge >= 0.3 is 0 Å². The second-order valence-corrected chi connectivity index (χ2v) is 49.9. The third-order valence-electron chi connectivity index (χ3n) is 11.7. The minimum absolute atomic E-state index is 0.480. The number of thioether (sulfide) groups is 12. The van der Waals surface area contributed by atoms with E-state index < -0.39 is 35.2 Å². The number of hydrogen-bond acceptors (Lipinski definition) is 12. The first-order valence-corrected chi connectivity index (χ1v) is 44.7. The average Bonchev–Trinajstić information content (AvgIpc) is 4.22. The van der Waals surface area contributed by atoms with E-state index in [0.29, 0.717) is 54.8 Å². The van der Waals surface area contributed by atoms with Crippen LogP contribution in [0.5, 0.6) is 0 Å². The molecule has 0 bridgehead atoms. The van der Waals surface area contributed by atoms with Gasteiger partial charge in [-0.05, 0) is 91.6 Å². The molecule has 1 aromatic carbocycles. The summed E-state index contributed by atoms with van der Waals surface area (Å²) < 4.78 is 10.6. The lowest BCUT2D eigenvalue weighted by atomic mass is 10.2. The predicted octanol–water partition coefficient (Wildman–Crippen LogP) is 20.9. The van der Waals surface area contributed by atoms with Crippen molar-refractivity contribution in [1.29, 1.82) is 0 Å². The van der Waals surface area contributed by atoms with E-state index in [1.165, 1.54) is 33.9 Å². The molecule has 0 aliphatic carbocycles. The van der Waals surface area contributed by atoms with Gasteiger partial charge in [-0.1, -0.05) is 281 Å². The minimum Gasteiger partial charge on any atom is -0.127 e. The fraction of sp³-hybridized carbons (Fsp3) is 0.500. The fourth-order valence-corrected chi connectivity index (χ4v) is 33.4. The maximum atomic E-state index is 3.83. The zero-order chi connectivity index (χ0) is 58.8. The van der Waals surface area contributed by atoms with E-state index >= 15 is 0 Å². The molecule has 4 radical (unpaired) electrons. The van der Waals surface area contributed by atoms with Crippen LogP contribution in [0.3, 0.4) is 0 Å². The van der Waals surface area contributed by atoms with Gasteiger partial charge in [-0.3, -0.25) is 0 Å². The molecule has 4 heterocycles. The van der Waals surface area contributed by atoms with Gasteiger partial charge in [0.2, 0.25) is 0 Å². The quantitative estimate of drug-likeness (QED) is 0.114. The first kappa shape index (κ1) is 70.2. The summed E-state index contributed by atoms with van der Waals surface area (Å²) in [6.07, 6.45) is 0. The van der Waals surface area contributed by atoms with E-state index in [0.717, 1.165) is 53.7 Å². The molecule has 0 amide bonds. The highest BCUT2D eigenvalue weighted by Crippen LogP contribution is 2.65. The van der Waals surface area contributed by atoms with Crippen LogP contribution >= 0.6 is 141 Å². The Kier molecular flexibility index (Phi) is 31.0. The molecule has 0 fully saturated rings. The van der Waals surface area contributed by atoms with Gasteiger partial charge in [0.15, 0.2) is 35.2 Å². The third kappa shape index (κ3) is 20.8. The zero-order valence-electron chi connectivity index (χ0n) is 50.3. The molecule has 0 saturated heterocycles. The number of fused-ring (bicyclic) bond motifs is 2. The van der Waals surface area contributed by atoms with Crippen LogP contribution in [0.2, 0.25) is 44.3 Å². The minimum atomic E-state index is -1.05. The molecule has 16 heteroatoms. The maximum Gasteiger partial charge on any atom is 0.150 e. The maximum absolute atomic E-state index is 3.83. The van der Waals surface area contributed by atoms with Crippen molar-refractivity contribution in [3.63, 3.8) is 0 Å². The summed E-state index contributed by atoms with van der Waals surface area (Å²) in [5, 5.41) is 1.34. The van der Waals surface area contributed by atoms with Gasteiger partial charge in [-0.15, -0.1) is 69.2 Å². The van der Waals surface area contributed by atoms with Crippen molar-refractivity contribution in [2.75, 3.05) is 23.0 Å². The second-order valence-electron chi connectivity index (χ2n) is 20.7.